The van der Waals surface area contributed by atoms with E-state index >= 15 is 0 Å². The molecule has 0 bridgehead atoms. The van der Waals surface area contributed by atoms with Gasteiger partial charge < -0.3 is 18.9 Å². The van der Waals surface area contributed by atoms with Crippen LogP contribution >= 0.6 is 0 Å². The van der Waals surface area contributed by atoms with Crippen LogP contribution in [-0.2, 0) is 30.2 Å². The van der Waals surface area contributed by atoms with Crippen LogP contribution in [0.1, 0.15) is 38.2 Å². The number of hydrogen-bond donors (Lipinski definition) is 0. The molecule has 0 aromatic heterocycles. The number of ketones is 1. The molecule has 1 unspecified atom stereocenters. The van der Waals surface area contributed by atoms with Gasteiger partial charge in [0.15, 0.2) is 6.29 Å². The van der Waals surface area contributed by atoms with Gasteiger partial charge in [0, 0.05) is 6.61 Å². The van der Waals surface area contributed by atoms with E-state index in [4.69, 9.17) is 18.9 Å². The van der Waals surface area contributed by atoms with E-state index < -0.39 is 5.97 Å². The summed E-state index contributed by atoms with van der Waals surface area (Å²) in [5.74, 6) is 0.0155. The fourth-order valence-corrected chi connectivity index (χ4v) is 2.56. The van der Waals surface area contributed by atoms with Crippen molar-refractivity contribution in [2.45, 2.75) is 45.3 Å². The zero-order chi connectivity index (χ0) is 17.9. The van der Waals surface area contributed by atoms with Crippen LogP contribution in [0.5, 0.6) is 5.75 Å². The van der Waals surface area contributed by atoms with E-state index in [9.17, 15) is 9.59 Å². The number of hydrogen-bond acceptors (Lipinski definition) is 6. The van der Waals surface area contributed by atoms with Crippen LogP contribution in [0.4, 0.5) is 0 Å². The Labute approximate surface area is 148 Å². The lowest BCUT2D eigenvalue weighted by Gasteiger charge is -2.22. The van der Waals surface area contributed by atoms with Crippen LogP contribution in [0.3, 0.4) is 0 Å². The zero-order valence-electron chi connectivity index (χ0n) is 14.7. The van der Waals surface area contributed by atoms with E-state index in [0.29, 0.717) is 6.61 Å². The zero-order valence-corrected chi connectivity index (χ0v) is 14.7. The van der Waals surface area contributed by atoms with Crippen LogP contribution < -0.4 is 4.74 Å². The van der Waals surface area contributed by atoms with Crippen LogP contribution in [0, 0.1) is 0 Å². The summed E-state index contributed by atoms with van der Waals surface area (Å²) in [4.78, 5) is 22.1. The van der Waals surface area contributed by atoms with Gasteiger partial charge in [-0.2, -0.15) is 0 Å². The minimum atomic E-state index is -0.523. The van der Waals surface area contributed by atoms with E-state index in [-0.39, 0.29) is 31.7 Å². The highest BCUT2D eigenvalue weighted by Crippen LogP contribution is 2.20. The molecule has 1 aromatic carbocycles. The molecule has 1 aromatic rings. The van der Waals surface area contributed by atoms with Gasteiger partial charge in [0.1, 0.15) is 31.2 Å². The molecule has 0 N–H and O–H groups in total. The Kier molecular flexibility index (Phi) is 8.42. The molecule has 25 heavy (non-hydrogen) atoms. The first-order chi connectivity index (χ1) is 12.1. The van der Waals surface area contributed by atoms with E-state index in [0.717, 1.165) is 43.6 Å². The molecule has 0 saturated carbocycles. The summed E-state index contributed by atoms with van der Waals surface area (Å²) in [6.45, 7) is 3.06. The summed E-state index contributed by atoms with van der Waals surface area (Å²) in [6, 6.07) is 7.71. The lowest BCUT2D eigenvalue weighted by molar-refractivity contribution is -0.161. The van der Waals surface area contributed by atoms with Gasteiger partial charge in [-0.1, -0.05) is 18.2 Å². The van der Waals surface area contributed by atoms with Gasteiger partial charge in [-0.15, -0.1) is 0 Å². The van der Waals surface area contributed by atoms with Gasteiger partial charge in [0.05, 0.1) is 6.61 Å². The monoisotopic (exact) mass is 350 g/mol. The Bertz CT molecular complexity index is 551. The molecule has 6 heteroatoms. The maximum absolute atomic E-state index is 11.3. The largest absolute Gasteiger partial charge is 0.490 e. The summed E-state index contributed by atoms with van der Waals surface area (Å²) in [5, 5.41) is 0. The van der Waals surface area contributed by atoms with Gasteiger partial charge in [-0.25, -0.2) is 0 Å². The van der Waals surface area contributed by atoms with Crippen molar-refractivity contribution in [1.29, 1.82) is 0 Å². The fourth-order valence-electron chi connectivity index (χ4n) is 2.56. The molecule has 6 nitrogen and oxygen atoms in total. The van der Waals surface area contributed by atoms with Gasteiger partial charge >= 0.3 is 5.97 Å². The van der Waals surface area contributed by atoms with Gasteiger partial charge in [-0.05, 0) is 44.2 Å². The van der Waals surface area contributed by atoms with Crippen molar-refractivity contribution >= 4 is 11.8 Å². The molecule has 0 amide bonds. The second-order valence-electron chi connectivity index (χ2n) is 5.97. The van der Waals surface area contributed by atoms with Gasteiger partial charge in [-0.3, -0.25) is 9.59 Å². The molecule has 2 rings (SSSR count). The maximum Gasteiger partial charge on any atom is 0.313 e. The third-order valence-corrected chi connectivity index (χ3v) is 3.78. The lowest BCUT2D eigenvalue weighted by atomic mass is 10.1. The molecule has 1 atom stereocenters. The highest BCUT2D eigenvalue weighted by atomic mass is 16.7. The predicted molar refractivity (Wildman–Crippen MR) is 91.4 cm³/mol. The Morgan fingerprint density at radius 1 is 1.16 bits per heavy atom. The number of ether oxygens (including phenoxy) is 4. The number of para-hydroxylation sites is 1. The molecular formula is C19H26O6. The molecule has 1 aliphatic rings. The highest BCUT2D eigenvalue weighted by molar-refractivity contribution is 5.94. The first-order valence-electron chi connectivity index (χ1n) is 8.74. The fraction of sp³-hybridized carbons (Fsp3) is 0.579. The Balaban J connectivity index is 1.70. The van der Waals surface area contributed by atoms with Gasteiger partial charge in [0.25, 0.3) is 0 Å². The predicted octanol–water partition coefficient (Wildman–Crippen LogP) is 2.67. The molecule has 1 fully saturated rings. The normalized spacial score (nSPS) is 17.1. The smallest absolute Gasteiger partial charge is 0.313 e. The molecular weight excluding hydrogens is 324 g/mol. The lowest BCUT2D eigenvalue weighted by Crippen LogP contribution is -2.23. The molecule has 138 valence electrons. The SMILES string of the molecule is CC(=O)CC(=O)OCCOc1ccccc1CCOC1CCCCO1. The highest BCUT2D eigenvalue weighted by Gasteiger charge is 2.14. The Morgan fingerprint density at radius 2 is 2.00 bits per heavy atom. The van der Waals surface area contributed by atoms with Crippen molar-refractivity contribution in [3.05, 3.63) is 29.8 Å². The second kappa shape index (κ2) is 10.8. The minimum absolute atomic E-state index is 0.0949. The summed E-state index contributed by atoms with van der Waals surface area (Å²) >= 11 is 0. The number of esters is 1. The molecule has 1 heterocycles. The first-order valence-corrected chi connectivity index (χ1v) is 8.74. The average molecular weight is 350 g/mol. The topological polar surface area (TPSA) is 71.1 Å². The first kappa shape index (κ1) is 19.4. The van der Waals surface area contributed by atoms with Crippen molar-refractivity contribution in [3.8, 4) is 5.75 Å². The summed E-state index contributed by atoms with van der Waals surface area (Å²) in [6.07, 6.45) is 3.63. The van der Waals surface area contributed by atoms with Crippen LogP contribution in [0.15, 0.2) is 24.3 Å². The standard InChI is InChI=1S/C19H26O6/c1-15(20)14-18(21)23-13-12-22-17-7-3-2-6-16(17)9-11-25-19-8-4-5-10-24-19/h2-3,6-7,19H,4-5,8-14H2,1H3. The van der Waals surface area contributed by atoms with E-state index in [1.807, 2.05) is 24.3 Å². The van der Waals surface area contributed by atoms with Crippen molar-refractivity contribution in [3.63, 3.8) is 0 Å². The molecule has 0 radical (unpaired) electrons. The van der Waals surface area contributed by atoms with Gasteiger partial charge in [0.2, 0.25) is 0 Å². The van der Waals surface area contributed by atoms with E-state index in [1.165, 1.54) is 6.92 Å². The maximum atomic E-state index is 11.3. The summed E-state index contributed by atoms with van der Waals surface area (Å²) in [7, 11) is 0. The van der Waals surface area contributed by atoms with Crippen LogP contribution in [0.2, 0.25) is 0 Å². The third kappa shape index (κ3) is 7.67. The molecule has 1 saturated heterocycles. The second-order valence-corrected chi connectivity index (χ2v) is 5.97. The number of Topliss-reactive ketones (excluding diaryl/α,β-unsaturated/α-hetero) is 1. The Morgan fingerprint density at radius 3 is 2.76 bits per heavy atom. The Hall–Kier alpha value is -1.92. The summed E-state index contributed by atoms with van der Waals surface area (Å²) in [5.41, 5.74) is 1.04. The minimum Gasteiger partial charge on any atom is -0.490 e. The number of benzene rings is 1. The molecule has 0 spiro atoms. The van der Waals surface area contributed by atoms with Crippen LogP contribution in [-0.4, -0.2) is 44.5 Å². The number of carbonyl (C=O) groups excluding carboxylic acids is 2. The quantitative estimate of drug-likeness (QED) is 0.367. The number of rotatable bonds is 10. The molecule has 1 aliphatic heterocycles. The summed E-state index contributed by atoms with van der Waals surface area (Å²) < 4.78 is 21.9. The van der Waals surface area contributed by atoms with Crippen LogP contribution in [0.25, 0.3) is 0 Å². The van der Waals surface area contributed by atoms with Crippen molar-refractivity contribution in [2.75, 3.05) is 26.4 Å². The van der Waals surface area contributed by atoms with E-state index in [2.05, 4.69) is 0 Å². The van der Waals surface area contributed by atoms with Crippen molar-refractivity contribution in [2.24, 2.45) is 0 Å². The third-order valence-electron chi connectivity index (χ3n) is 3.78. The average Bonchev–Trinajstić information content (AvgIpc) is 2.60. The molecule has 0 aliphatic carbocycles. The van der Waals surface area contributed by atoms with E-state index in [1.54, 1.807) is 0 Å². The van der Waals surface area contributed by atoms with Crippen molar-refractivity contribution in [1.82, 2.24) is 0 Å². The number of carbonyl (C=O) groups is 2. The van der Waals surface area contributed by atoms with Crippen molar-refractivity contribution < 1.29 is 28.5 Å².